The molecule has 5 atom stereocenters. The Morgan fingerprint density at radius 1 is 0.826 bits per heavy atom. The summed E-state index contributed by atoms with van der Waals surface area (Å²) in [5, 5.41) is 9.93. The lowest BCUT2D eigenvalue weighted by molar-refractivity contribution is -0.289. The second-order valence-corrected chi connectivity index (χ2v) is 4.69. The molecule has 10 nitrogen and oxygen atoms in total. The minimum Gasteiger partial charge on any atom is -0.467 e. The van der Waals surface area contributed by atoms with Gasteiger partial charge in [-0.3, -0.25) is 14.4 Å². The molecular weight excluding hydrogens is 316 g/mol. The van der Waals surface area contributed by atoms with Crippen LogP contribution < -0.4 is 0 Å². The van der Waals surface area contributed by atoms with Gasteiger partial charge in [-0.05, 0) is 0 Å². The number of hydrogen-bond acceptors (Lipinski definition) is 10. The molecule has 0 saturated carbocycles. The number of ether oxygens (including phenoxy) is 5. The van der Waals surface area contributed by atoms with E-state index in [9.17, 15) is 24.3 Å². The quantitative estimate of drug-likeness (QED) is 0.486. The predicted octanol–water partition coefficient (Wildman–Crippen LogP) is -1.33. The molecule has 0 spiro atoms. The summed E-state index contributed by atoms with van der Waals surface area (Å²) in [5.74, 6) is -3.37. The lowest BCUT2D eigenvalue weighted by Gasteiger charge is -2.41. The molecule has 10 heteroatoms. The van der Waals surface area contributed by atoms with Crippen LogP contribution in [0, 0.1) is 0 Å². The van der Waals surface area contributed by atoms with Gasteiger partial charge in [0.2, 0.25) is 0 Å². The van der Waals surface area contributed by atoms with Crippen molar-refractivity contribution in [2.75, 3.05) is 7.11 Å². The van der Waals surface area contributed by atoms with Crippen LogP contribution in [0.25, 0.3) is 0 Å². The van der Waals surface area contributed by atoms with E-state index in [0.29, 0.717) is 0 Å². The van der Waals surface area contributed by atoms with Gasteiger partial charge in [0.15, 0.2) is 30.7 Å². The minimum absolute atomic E-state index is 0.798. The standard InChI is InChI=1S/C13H18O10/c1-5(14)20-8-9(21-6(2)15)11(22-7(3)16)13(18)23-10(8)12(17)19-4/h8-11,13,18H,1-4H3/t8-,9-,10?,11?,13?/m0/s1. The monoisotopic (exact) mass is 334 g/mol. The molecule has 23 heavy (non-hydrogen) atoms. The van der Waals surface area contributed by atoms with E-state index in [0.717, 1.165) is 27.9 Å². The second kappa shape index (κ2) is 7.88. The van der Waals surface area contributed by atoms with Crippen molar-refractivity contribution in [1.29, 1.82) is 0 Å². The number of carbonyl (C=O) groups excluding carboxylic acids is 4. The van der Waals surface area contributed by atoms with Gasteiger partial charge >= 0.3 is 23.9 Å². The van der Waals surface area contributed by atoms with E-state index < -0.39 is 54.6 Å². The van der Waals surface area contributed by atoms with Crippen molar-refractivity contribution in [2.24, 2.45) is 0 Å². The molecule has 1 aliphatic rings. The Labute approximate surface area is 131 Å². The highest BCUT2D eigenvalue weighted by molar-refractivity contribution is 5.77. The Hall–Kier alpha value is -2.20. The van der Waals surface area contributed by atoms with Gasteiger partial charge in [-0.1, -0.05) is 0 Å². The summed E-state index contributed by atoms with van der Waals surface area (Å²) in [5.41, 5.74) is 0. The normalized spacial score (nSPS) is 30.0. The number of aliphatic hydroxyl groups excluding tert-OH is 1. The molecule has 1 saturated heterocycles. The van der Waals surface area contributed by atoms with Crippen LogP contribution in [0.3, 0.4) is 0 Å². The zero-order valence-electron chi connectivity index (χ0n) is 13.0. The van der Waals surface area contributed by atoms with Gasteiger partial charge in [-0.25, -0.2) is 4.79 Å². The SMILES string of the molecule is COC(=O)C1OC(O)C(OC(C)=O)[C@@H](OC(C)=O)[C@@H]1OC(C)=O. The molecular formula is C13H18O10. The first-order chi connectivity index (χ1) is 10.7. The van der Waals surface area contributed by atoms with E-state index in [4.69, 9.17) is 18.9 Å². The number of rotatable bonds is 4. The fraction of sp³-hybridized carbons (Fsp3) is 0.692. The highest BCUT2D eigenvalue weighted by atomic mass is 16.7. The van der Waals surface area contributed by atoms with Crippen LogP contribution in [0.5, 0.6) is 0 Å². The maximum absolute atomic E-state index is 11.8. The first-order valence-electron chi connectivity index (χ1n) is 6.60. The maximum atomic E-state index is 11.8. The van der Waals surface area contributed by atoms with Crippen LogP contribution in [-0.4, -0.2) is 66.8 Å². The summed E-state index contributed by atoms with van der Waals surface area (Å²) < 4.78 is 24.3. The van der Waals surface area contributed by atoms with E-state index >= 15 is 0 Å². The molecule has 0 bridgehead atoms. The Bertz CT molecular complexity index is 487. The molecule has 1 N–H and O–H groups in total. The third-order valence-electron chi connectivity index (χ3n) is 2.85. The van der Waals surface area contributed by atoms with E-state index in [-0.39, 0.29) is 0 Å². The van der Waals surface area contributed by atoms with Crippen molar-refractivity contribution in [2.45, 2.75) is 51.5 Å². The van der Waals surface area contributed by atoms with Crippen LogP contribution in [0.15, 0.2) is 0 Å². The number of carbonyl (C=O) groups is 4. The van der Waals surface area contributed by atoms with Crippen LogP contribution in [-0.2, 0) is 42.9 Å². The smallest absolute Gasteiger partial charge is 0.339 e. The zero-order chi connectivity index (χ0) is 17.7. The molecule has 0 radical (unpaired) electrons. The number of esters is 4. The summed E-state index contributed by atoms with van der Waals surface area (Å²) in [4.78, 5) is 45.5. The van der Waals surface area contributed by atoms with Gasteiger partial charge in [-0.15, -0.1) is 0 Å². The number of methoxy groups -OCH3 is 1. The van der Waals surface area contributed by atoms with Crippen LogP contribution >= 0.6 is 0 Å². The van der Waals surface area contributed by atoms with Gasteiger partial charge in [0.1, 0.15) is 0 Å². The fourth-order valence-corrected chi connectivity index (χ4v) is 2.10. The fourth-order valence-electron chi connectivity index (χ4n) is 2.10. The van der Waals surface area contributed by atoms with Crippen molar-refractivity contribution in [3.05, 3.63) is 0 Å². The molecule has 130 valence electrons. The van der Waals surface area contributed by atoms with E-state index in [1.165, 1.54) is 0 Å². The van der Waals surface area contributed by atoms with Gasteiger partial charge in [0.25, 0.3) is 0 Å². The van der Waals surface area contributed by atoms with Crippen molar-refractivity contribution < 1.29 is 48.0 Å². The molecule has 1 fully saturated rings. The maximum Gasteiger partial charge on any atom is 0.339 e. The van der Waals surface area contributed by atoms with Crippen molar-refractivity contribution >= 4 is 23.9 Å². The molecule has 0 aromatic rings. The molecule has 3 unspecified atom stereocenters. The molecule has 0 amide bonds. The Morgan fingerprint density at radius 2 is 1.26 bits per heavy atom. The third-order valence-corrected chi connectivity index (χ3v) is 2.85. The second-order valence-electron chi connectivity index (χ2n) is 4.69. The largest absolute Gasteiger partial charge is 0.467 e. The summed E-state index contributed by atoms with van der Waals surface area (Å²) in [7, 11) is 1.06. The lowest BCUT2D eigenvalue weighted by atomic mass is 9.98. The van der Waals surface area contributed by atoms with Gasteiger partial charge in [-0.2, -0.15) is 0 Å². The van der Waals surface area contributed by atoms with E-state index in [2.05, 4.69) is 4.74 Å². The molecule has 0 aromatic heterocycles. The van der Waals surface area contributed by atoms with Crippen molar-refractivity contribution in [3.8, 4) is 0 Å². The predicted molar refractivity (Wildman–Crippen MR) is 69.6 cm³/mol. The van der Waals surface area contributed by atoms with Crippen molar-refractivity contribution in [1.82, 2.24) is 0 Å². The molecule has 0 aliphatic carbocycles. The number of hydrogen-bond donors (Lipinski definition) is 1. The first kappa shape index (κ1) is 18.8. The highest BCUT2D eigenvalue weighted by Gasteiger charge is 2.54. The van der Waals surface area contributed by atoms with Crippen LogP contribution in [0.2, 0.25) is 0 Å². The Morgan fingerprint density at radius 3 is 1.70 bits per heavy atom. The average Bonchev–Trinajstić information content (AvgIpc) is 2.43. The third kappa shape index (κ3) is 4.89. The van der Waals surface area contributed by atoms with E-state index in [1.807, 2.05) is 0 Å². The van der Waals surface area contributed by atoms with Gasteiger partial charge in [0.05, 0.1) is 7.11 Å². The summed E-state index contributed by atoms with van der Waals surface area (Å²) in [6.45, 7) is 3.18. The molecule has 0 aromatic carbocycles. The molecule has 1 heterocycles. The topological polar surface area (TPSA) is 135 Å². The Kier molecular flexibility index (Phi) is 6.46. The molecule has 1 rings (SSSR count). The molecule has 1 aliphatic heterocycles. The summed E-state index contributed by atoms with van der Waals surface area (Å²) in [6, 6.07) is 0. The zero-order valence-corrected chi connectivity index (χ0v) is 13.0. The first-order valence-corrected chi connectivity index (χ1v) is 6.60. The minimum atomic E-state index is -1.79. The average molecular weight is 334 g/mol. The summed E-state index contributed by atoms with van der Waals surface area (Å²) >= 11 is 0. The lowest BCUT2D eigenvalue weighted by Crippen LogP contribution is -2.63. The van der Waals surface area contributed by atoms with Crippen LogP contribution in [0.4, 0.5) is 0 Å². The van der Waals surface area contributed by atoms with E-state index in [1.54, 1.807) is 0 Å². The van der Waals surface area contributed by atoms with Gasteiger partial charge < -0.3 is 28.8 Å². The number of aliphatic hydroxyl groups is 1. The van der Waals surface area contributed by atoms with Crippen molar-refractivity contribution in [3.63, 3.8) is 0 Å². The van der Waals surface area contributed by atoms with Gasteiger partial charge in [0, 0.05) is 20.8 Å². The highest BCUT2D eigenvalue weighted by Crippen LogP contribution is 2.28. The summed E-state index contributed by atoms with van der Waals surface area (Å²) in [6.07, 6.45) is -7.75. The van der Waals surface area contributed by atoms with Crippen LogP contribution in [0.1, 0.15) is 20.8 Å². The Balaban J connectivity index is 3.21.